The molecular formula is C11H13Cl2N3S. The summed E-state index contributed by atoms with van der Waals surface area (Å²) >= 11 is 13.4. The monoisotopic (exact) mass is 289 g/mol. The largest absolute Gasteiger partial charge is 0.347 e. The molecule has 0 aliphatic carbocycles. The van der Waals surface area contributed by atoms with Crippen molar-refractivity contribution >= 4 is 34.5 Å². The van der Waals surface area contributed by atoms with Crippen molar-refractivity contribution in [1.29, 1.82) is 0 Å². The maximum atomic E-state index is 6.12. The van der Waals surface area contributed by atoms with Crippen LogP contribution in [-0.2, 0) is 0 Å². The van der Waals surface area contributed by atoms with Gasteiger partial charge in [-0.2, -0.15) is 0 Å². The molecule has 0 saturated heterocycles. The van der Waals surface area contributed by atoms with Gasteiger partial charge < -0.3 is 10.3 Å². The molecule has 6 heteroatoms. The van der Waals surface area contributed by atoms with E-state index in [0.29, 0.717) is 4.34 Å². The summed E-state index contributed by atoms with van der Waals surface area (Å²) in [5.41, 5.74) is 1.03. The van der Waals surface area contributed by atoms with Crippen molar-refractivity contribution in [2.75, 3.05) is 0 Å². The van der Waals surface area contributed by atoms with E-state index < -0.39 is 0 Å². The van der Waals surface area contributed by atoms with Gasteiger partial charge in [0, 0.05) is 18.4 Å². The van der Waals surface area contributed by atoms with Crippen LogP contribution in [0, 0.1) is 0 Å². The molecule has 2 aromatic rings. The molecule has 0 spiro atoms. The van der Waals surface area contributed by atoms with Crippen molar-refractivity contribution in [3.63, 3.8) is 0 Å². The zero-order valence-electron chi connectivity index (χ0n) is 9.50. The average molecular weight is 290 g/mol. The highest BCUT2D eigenvalue weighted by Crippen LogP contribution is 2.35. The first-order chi connectivity index (χ1) is 8.08. The van der Waals surface area contributed by atoms with E-state index in [9.17, 15) is 0 Å². The third kappa shape index (κ3) is 3.01. The summed E-state index contributed by atoms with van der Waals surface area (Å²) in [5.74, 6) is 0.911. The minimum atomic E-state index is 0.131. The first kappa shape index (κ1) is 12.9. The molecule has 2 aromatic heterocycles. The number of halogens is 2. The van der Waals surface area contributed by atoms with E-state index in [1.807, 2.05) is 12.3 Å². The van der Waals surface area contributed by atoms with Crippen molar-refractivity contribution in [2.45, 2.75) is 25.9 Å². The quantitative estimate of drug-likeness (QED) is 0.886. The van der Waals surface area contributed by atoms with Crippen LogP contribution in [0.5, 0.6) is 0 Å². The molecule has 0 amide bonds. The minimum absolute atomic E-state index is 0.131. The van der Waals surface area contributed by atoms with Crippen molar-refractivity contribution in [1.82, 2.24) is 15.3 Å². The molecule has 0 bridgehead atoms. The lowest BCUT2D eigenvalue weighted by Gasteiger charge is -2.18. The van der Waals surface area contributed by atoms with Gasteiger partial charge >= 0.3 is 0 Å². The Labute approximate surface area is 114 Å². The lowest BCUT2D eigenvalue weighted by molar-refractivity contribution is 0.480. The van der Waals surface area contributed by atoms with E-state index in [0.717, 1.165) is 15.7 Å². The Morgan fingerprint density at radius 2 is 2.12 bits per heavy atom. The molecule has 0 aliphatic rings. The Morgan fingerprint density at radius 3 is 2.65 bits per heavy atom. The van der Waals surface area contributed by atoms with Crippen LogP contribution in [0.25, 0.3) is 0 Å². The fraction of sp³-hybridized carbons (Fsp3) is 0.364. The average Bonchev–Trinajstić information content (AvgIpc) is 2.87. The fourth-order valence-corrected chi connectivity index (χ4v) is 3.35. The maximum absolute atomic E-state index is 6.12. The molecule has 0 saturated carbocycles. The first-order valence-corrected chi connectivity index (χ1v) is 6.85. The molecule has 17 heavy (non-hydrogen) atoms. The second-order valence-corrected chi connectivity index (χ2v) is 6.15. The highest BCUT2D eigenvalue weighted by molar-refractivity contribution is 7.20. The summed E-state index contributed by atoms with van der Waals surface area (Å²) in [5, 5.41) is 3.42. The van der Waals surface area contributed by atoms with Crippen molar-refractivity contribution < 1.29 is 0 Å². The third-order valence-corrected chi connectivity index (χ3v) is 4.10. The molecule has 0 aliphatic heterocycles. The summed E-state index contributed by atoms with van der Waals surface area (Å²) in [6, 6.07) is 2.17. The maximum Gasteiger partial charge on any atom is 0.122 e. The van der Waals surface area contributed by atoms with Crippen LogP contribution in [0.4, 0.5) is 0 Å². The Balaban J connectivity index is 2.06. The number of rotatable bonds is 4. The number of H-pyrrole nitrogens is 1. The number of nitrogens with one attached hydrogen (secondary N) is 2. The van der Waals surface area contributed by atoms with Crippen LogP contribution < -0.4 is 5.32 Å². The van der Waals surface area contributed by atoms with Gasteiger partial charge in [-0.05, 0) is 25.5 Å². The Hall–Kier alpha value is -0.550. The molecular weight excluding hydrogens is 277 g/mol. The molecule has 2 heterocycles. The standard InChI is InChI=1S/C11H13Cl2N3S/c1-6(8-5-9(12)17-10(8)13)16-7(2)11-14-3-4-15-11/h3-7,16H,1-2H3,(H,14,15). The van der Waals surface area contributed by atoms with Crippen molar-refractivity contribution in [3.8, 4) is 0 Å². The van der Waals surface area contributed by atoms with Crippen LogP contribution in [0.2, 0.25) is 8.67 Å². The molecule has 3 nitrogen and oxygen atoms in total. The lowest BCUT2D eigenvalue weighted by atomic mass is 10.1. The third-order valence-electron chi connectivity index (χ3n) is 2.58. The number of aromatic amines is 1. The molecule has 2 atom stereocenters. The molecule has 2 N–H and O–H groups in total. The number of thiophene rings is 1. The lowest BCUT2D eigenvalue weighted by Crippen LogP contribution is -2.23. The normalized spacial score (nSPS) is 14.8. The zero-order valence-corrected chi connectivity index (χ0v) is 11.8. The van der Waals surface area contributed by atoms with Gasteiger partial charge in [0.1, 0.15) is 5.82 Å². The van der Waals surface area contributed by atoms with Crippen molar-refractivity contribution in [2.24, 2.45) is 0 Å². The van der Waals surface area contributed by atoms with Crippen LogP contribution in [0.1, 0.15) is 37.3 Å². The van der Waals surface area contributed by atoms with E-state index in [1.54, 1.807) is 6.20 Å². The summed E-state index contributed by atoms with van der Waals surface area (Å²) in [7, 11) is 0. The second kappa shape index (κ2) is 5.40. The highest BCUT2D eigenvalue weighted by atomic mass is 35.5. The minimum Gasteiger partial charge on any atom is -0.347 e. The van der Waals surface area contributed by atoms with Gasteiger partial charge in [-0.3, -0.25) is 0 Å². The summed E-state index contributed by atoms with van der Waals surface area (Å²) in [6.07, 6.45) is 3.55. The second-order valence-electron chi connectivity index (χ2n) is 3.86. The molecule has 2 unspecified atom stereocenters. The van der Waals surface area contributed by atoms with E-state index in [4.69, 9.17) is 23.2 Å². The number of nitrogens with zero attached hydrogens (tertiary/aromatic N) is 1. The Bertz CT molecular complexity index is 481. The van der Waals surface area contributed by atoms with Gasteiger partial charge in [-0.1, -0.05) is 23.2 Å². The van der Waals surface area contributed by atoms with Gasteiger partial charge in [-0.25, -0.2) is 4.98 Å². The SMILES string of the molecule is CC(NC(C)c1cc(Cl)sc1Cl)c1ncc[nH]1. The summed E-state index contributed by atoms with van der Waals surface area (Å²) < 4.78 is 1.45. The summed E-state index contributed by atoms with van der Waals surface area (Å²) in [6.45, 7) is 4.11. The molecule has 2 rings (SSSR count). The number of imidazole rings is 1. The first-order valence-electron chi connectivity index (χ1n) is 5.28. The molecule has 0 radical (unpaired) electrons. The fourth-order valence-electron chi connectivity index (χ4n) is 1.71. The van der Waals surface area contributed by atoms with Crippen LogP contribution in [0.3, 0.4) is 0 Å². The molecule has 0 aromatic carbocycles. The smallest absolute Gasteiger partial charge is 0.122 e. The highest BCUT2D eigenvalue weighted by Gasteiger charge is 2.16. The number of hydrogen-bond donors (Lipinski definition) is 2. The Morgan fingerprint density at radius 1 is 1.35 bits per heavy atom. The number of hydrogen-bond acceptors (Lipinski definition) is 3. The van der Waals surface area contributed by atoms with Crippen LogP contribution in [0.15, 0.2) is 18.5 Å². The molecule has 0 fully saturated rings. The van der Waals surface area contributed by atoms with Crippen LogP contribution >= 0.6 is 34.5 Å². The predicted octanol–water partition coefficient (Wildman–Crippen LogP) is 4.19. The van der Waals surface area contributed by atoms with Gasteiger partial charge in [0.15, 0.2) is 0 Å². The van der Waals surface area contributed by atoms with Gasteiger partial charge in [0.05, 0.1) is 14.7 Å². The van der Waals surface area contributed by atoms with Crippen LogP contribution in [-0.4, -0.2) is 9.97 Å². The van der Waals surface area contributed by atoms with E-state index in [1.165, 1.54) is 11.3 Å². The predicted molar refractivity (Wildman–Crippen MR) is 72.9 cm³/mol. The zero-order chi connectivity index (χ0) is 12.4. The topological polar surface area (TPSA) is 40.7 Å². The van der Waals surface area contributed by atoms with E-state index in [-0.39, 0.29) is 12.1 Å². The van der Waals surface area contributed by atoms with Gasteiger partial charge in [0.2, 0.25) is 0 Å². The van der Waals surface area contributed by atoms with Gasteiger partial charge in [-0.15, -0.1) is 11.3 Å². The Kier molecular flexibility index (Phi) is 4.09. The number of aromatic nitrogens is 2. The van der Waals surface area contributed by atoms with Gasteiger partial charge in [0.25, 0.3) is 0 Å². The molecule has 92 valence electrons. The van der Waals surface area contributed by atoms with Crippen molar-refractivity contribution in [3.05, 3.63) is 38.5 Å². The van der Waals surface area contributed by atoms with E-state index in [2.05, 4.69) is 29.1 Å². The van der Waals surface area contributed by atoms with E-state index >= 15 is 0 Å². The summed E-state index contributed by atoms with van der Waals surface area (Å²) in [4.78, 5) is 7.30.